The van der Waals surface area contributed by atoms with Crippen molar-refractivity contribution in [3.8, 4) is 0 Å². The number of aryl methyl sites for hydroxylation is 1. The van der Waals surface area contributed by atoms with E-state index in [2.05, 4.69) is 29.2 Å². The zero-order valence-corrected chi connectivity index (χ0v) is 11.8. The van der Waals surface area contributed by atoms with Gasteiger partial charge in [0.2, 0.25) is 0 Å². The molecule has 0 saturated carbocycles. The van der Waals surface area contributed by atoms with E-state index in [1.165, 1.54) is 0 Å². The van der Waals surface area contributed by atoms with Gasteiger partial charge in [0, 0.05) is 18.9 Å². The zero-order chi connectivity index (χ0) is 13.8. The Bertz CT molecular complexity index is 533. The van der Waals surface area contributed by atoms with Crippen LogP contribution in [0.4, 0.5) is 5.82 Å². The molecule has 2 heterocycles. The summed E-state index contributed by atoms with van der Waals surface area (Å²) in [5.41, 5.74) is 1.90. The smallest absolute Gasteiger partial charge is 0.152 e. The van der Waals surface area contributed by atoms with E-state index in [-0.39, 0.29) is 6.10 Å². The number of aromatic nitrogens is 3. The highest BCUT2D eigenvalue weighted by Crippen LogP contribution is 2.17. The fraction of sp³-hybridized carbons (Fsp3) is 0.571. The van der Waals surface area contributed by atoms with E-state index in [4.69, 9.17) is 0 Å². The molecule has 5 heteroatoms. The Hall–Kier alpha value is -1.62. The molecule has 104 valence electrons. The van der Waals surface area contributed by atoms with E-state index in [1.807, 2.05) is 19.2 Å². The summed E-state index contributed by atoms with van der Waals surface area (Å²) in [4.78, 5) is 4.32. The van der Waals surface area contributed by atoms with Crippen molar-refractivity contribution in [3.63, 3.8) is 0 Å². The van der Waals surface area contributed by atoms with Crippen LogP contribution < -0.4 is 5.32 Å². The van der Waals surface area contributed by atoms with Gasteiger partial charge >= 0.3 is 0 Å². The minimum atomic E-state index is -0.346. The van der Waals surface area contributed by atoms with Crippen LogP contribution in [0.2, 0.25) is 0 Å². The maximum atomic E-state index is 10.1. The number of nitrogens with one attached hydrogen (secondary N) is 1. The molecule has 0 bridgehead atoms. The lowest BCUT2D eigenvalue weighted by Gasteiger charge is -2.20. The molecular weight excluding hydrogens is 240 g/mol. The fourth-order valence-electron chi connectivity index (χ4n) is 2.38. The number of aliphatic hydroxyl groups is 1. The molecule has 0 saturated heterocycles. The molecule has 19 heavy (non-hydrogen) atoms. The van der Waals surface area contributed by atoms with E-state index in [0.717, 1.165) is 29.9 Å². The summed E-state index contributed by atoms with van der Waals surface area (Å²) in [6.45, 7) is 6.69. The Balaban J connectivity index is 2.09. The molecule has 0 fully saturated rings. The second-order valence-electron chi connectivity index (χ2n) is 4.92. The van der Waals surface area contributed by atoms with Crippen LogP contribution in [0, 0.1) is 12.8 Å². The number of anilines is 1. The molecule has 2 N–H and O–H groups in total. The van der Waals surface area contributed by atoms with Crippen LogP contribution in [-0.4, -0.2) is 32.4 Å². The molecule has 2 rings (SSSR count). The molecule has 0 radical (unpaired) electrons. The number of aliphatic hydroxyl groups excluding tert-OH is 1. The van der Waals surface area contributed by atoms with Crippen LogP contribution in [0.1, 0.15) is 32.4 Å². The lowest BCUT2D eigenvalue weighted by molar-refractivity contribution is 0.114. The van der Waals surface area contributed by atoms with E-state index >= 15 is 0 Å². The first-order valence-corrected chi connectivity index (χ1v) is 6.88. The summed E-state index contributed by atoms with van der Waals surface area (Å²) >= 11 is 0. The SMILES string of the molecule is CCC(CC)C(O)CNc1nccn2nc(C)cc12. The molecule has 2 aromatic heterocycles. The van der Waals surface area contributed by atoms with Gasteiger partial charge in [-0.2, -0.15) is 5.10 Å². The predicted molar refractivity (Wildman–Crippen MR) is 76.3 cm³/mol. The number of nitrogens with zero attached hydrogens (tertiary/aromatic N) is 3. The lowest BCUT2D eigenvalue weighted by atomic mass is 9.96. The second-order valence-corrected chi connectivity index (χ2v) is 4.92. The molecule has 5 nitrogen and oxygen atoms in total. The number of fused-ring (bicyclic) bond motifs is 1. The molecule has 0 aliphatic rings. The van der Waals surface area contributed by atoms with Crippen molar-refractivity contribution < 1.29 is 5.11 Å². The Labute approximate surface area is 113 Å². The third-order valence-electron chi connectivity index (χ3n) is 3.58. The summed E-state index contributed by atoms with van der Waals surface area (Å²) in [5, 5.41) is 17.7. The van der Waals surface area contributed by atoms with Crippen LogP contribution in [0.5, 0.6) is 0 Å². The number of rotatable bonds is 6. The van der Waals surface area contributed by atoms with Crippen LogP contribution in [-0.2, 0) is 0 Å². The van der Waals surface area contributed by atoms with Gasteiger partial charge < -0.3 is 10.4 Å². The van der Waals surface area contributed by atoms with Crippen molar-refractivity contribution in [1.82, 2.24) is 14.6 Å². The molecular formula is C14H22N4O. The standard InChI is InChI=1S/C14H22N4O/c1-4-11(5-2)13(19)9-16-14-12-8-10(3)17-18(12)7-6-15-14/h6-8,11,13,19H,4-5,9H2,1-3H3,(H,15,16). The molecule has 0 aliphatic heterocycles. The Morgan fingerprint density at radius 2 is 2.11 bits per heavy atom. The summed E-state index contributed by atoms with van der Waals surface area (Å²) in [7, 11) is 0. The van der Waals surface area contributed by atoms with Gasteiger partial charge in [-0.3, -0.25) is 0 Å². The highest BCUT2D eigenvalue weighted by atomic mass is 16.3. The van der Waals surface area contributed by atoms with Gasteiger partial charge in [0.15, 0.2) is 5.82 Å². The average Bonchev–Trinajstić information content (AvgIpc) is 2.78. The minimum Gasteiger partial charge on any atom is -0.391 e. The van der Waals surface area contributed by atoms with Crippen molar-refractivity contribution in [2.75, 3.05) is 11.9 Å². The summed E-state index contributed by atoms with van der Waals surface area (Å²) in [5.74, 6) is 1.10. The topological polar surface area (TPSA) is 62.5 Å². The highest BCUT2D eigenvalue weighted by molar-refractivity contribution is 5.67. The van der Waals surface area contributed by atoms with E-state index in [1.54, 1.807) is 10.7 Å². The number of hydrogen-bond donors (Lipinski definition) is 2. The first-order chi connectivity index (χ1) is 9.15. The van der Waals surface area contributed by atoms with Crippen LogP contribution >= 0.6 is 0 Å². The Morgan fingerprint density at radius 3 is 2.79 bits per heavy atom. The number of hydrogen-bond acceptors (Lipinski definition) is 4. The first kappa shape index (κ1) is 13.8. The monoisotopic (exact) mass is 262 g/mol. The molecule has 0 aromatic carbocycles. The molecule has 0 aliphatic carbocycles. The van der Waals surface area contributed by atoms with Gasteiger partial charge in [0.25, 0.3) is 0 Å². The van der Waals surface area contributed by atoms with Crippen molar-refractivity contribution >= 4 is 11.3 Å². The molecule has 0 spiro atoms. The summed E-state index contributed by atoms with van der Waals surface area (Å²) < 4.78 is 1.80. The maximum Gasteiger partial charge on any atom is 0.152 e. The second kappa shape index (κ2) is 6.02. The summed E-state index contributed by atoms with van der Waals surface area (Å²) in [6, 6.07) is 1.98. The summed E-state index contributed by atoms with van der Waals surface area (Å²) in [6.07, 6.45) is 5.17. The van der Waals surface area contributed by atoms with Gasteiger partial charge in [0.05, 0.1) is 11.8 Å². The largest absolute Gasteiger partial charge is 0.391 e. The predicted octanol–water partition coefficient (Wildman–Crippen LogP) is 2.25. The molecule has 2 aromatic rings. The van der Waals surface area contributed by atoms with Crippen molar-refractivity contribution in [1.29, 1.82) is 0 Å². The van der Waals surface area contributed by atoms with Gasteiger partial charge in [-0.05, 0) is 18.9 Å². The highest BCUT2D eigenvalue weighted by Gasteiger charge is 2.15. The van der Waals surface area contributed by atoms with Crippen LogP contribution in [0.15, 0.2) is 18.5 Å². The first-order valence-electron chi connectivity index (χ1n) is 6.88. The van der Waals surface area contributed by atoms with E-state index < -0.39 is 0 Å². The van der Waals surface area contributed by atoms with Gasteiger partial charge in [-0.1, -0.05) is 26.7 Å². The Morgan fingerprint density at radius 1 is 1.37 bits per heavy atom. The Kier molecular flexibility index (Phi) is 4.37. The van der Waals surface area contributed by atoms with Crippen LogP contribution in [0.25, 0.3) is 5.52 Å². The molecule has 1 atom stereocenters. The molecule has 0 amide bonds. The normalized spacial score (nSPS) is 13.1. The van der Waals surface area contributed by atoms with Crippen LogP contribution in [0.3, 0.4) is 0 Å². The van der Waals surface area contributed by atoms with Gasteiger partial charge in [0.1, 0.15) is 5.52 Å². The van der Waals surface area contributed by atoms with Gasteiger partial charge in [-0.25, -0.2) is 9.50 Å². The van der Waals surface area contributed by atoms with Gasteiger partial charge in [-0.15, -0.1) is 0 Å². The third-order valence-corrected chi connectivity index (χ3v) is 3.58. The maximum absolute atomic E-state index is 10.1. The average molecular weight is 262 g/mol. The minimum absolute atomic E-state index is 0.332. The van der Waals surface area contributed by atoms with Crippen molar-refractivity contribution in [3.05, 3.63) is 24.2 Å². The van der Waals surface area contributed by atoms with Crippen molar-refractivity contribution in [2.45, 2.75) is 39.7 Å². The van der Waals surface area contributed by atoms with E-state index in [9.17, 15) is 5.11 Å². The molecule has 1 unspecified atom stereocenters. The lowest BCUT2D eigenvalue weighted by Crippen LogP contribution is -2.28. The third kappa shape index (κ3) is 3.04. The fourth-order valence-corrected chi connectivity index (χ4v) is 2.38. The van der Waals surface area contributed by atoms with Crippen molar-refractivity contribution in [2.24, 2.45) is 5.92 Å². The van der Waals surface area contributed by atoms with E-state index in [0.29, 0.717) is 12.5 Å². The zero-order valence-electron chi connectivity index (χ0n) is 11.8. The quantitative estimate of drug-likeness (QED) is 0.838.